The summed E-state index contributed by atoms with van der Waals surface area (Å²) >= 11 is 0.761. The predicted octanol–water partition coefficient (Wildman–Crippen LogP) is 2.75. The van der Waals surface area contributed by atoms with E-state index in [2.05, 4.69) is 5.32 Å². The summed E-state index contributed by atoms with van der Waals surface area (Å²) in [4.78, 5) is 32.5. The van der Waals surface area contributed by atoms with Gasteiger partial charge in [-0.25, -0.2) is 9.18 Å². The second kappa shape index (κ2) is 5.67. The van der Waals surface area contributed by atoms with Gasteiger partial charge in [-0.1, -0.05) is 11.3 Å². The fourth-order valence-corrected chi connectivity index (χ4v) is 2.19. The standard InChI is InChI=1S/C12H7FN2O5S/c13-8-2-1-6(12(17)18)3-9(8)14-11(16)7-4-10(15(19)20)21-5-7/h1-5H,(H,14,16)(H,17,18). The average Bonchev–Trinajstić information content (AvgIpc) is 2.90. The van der Waals surface area contributed by atoms with Crippen LogP contribution in [0.2, 0.25) is 0 Å². The summed E-state index contributed by atoms with van der Waals surface area (Å²) in [6, 6.07) is 3.99. The van der Waals surface area contributed by atoms with E-state index in [1.807, 2.05) is 0 Å². The minimum Gasteiger partial charge on any atom is -0.478 e. The molecular formula is C12H7FN2O5S. The Labute approximate surface area is 120 Å². The van der Waals surface area contributed by atoms with Crippen molar-refractivity contribution in [2.45, 2.75) is 0 Å². The Kier molecular flexibility index (Phi) is 3.94. The zero-order chi connectivity index (χ0) is 15.6. The van der Waals surface area contributed by atoms with Crippen LogP contribution in [-0.4, -0.2) is 21.9 Å². The molecule has 1 aromatic carbocycles. The number of hydrogen-bond donors (Lipinski definition) is 2. The highest BCUT2D eigenvalue weighted by Gasteiger charge is 2.17. The lowest BCUT2D eigenvalue weighted by atomic mass is 10.2. The molecule has 0 saturated carbocycles. The van der Waals surface area contributed by atoms with E-state index in [-0.39, 0.29) is 21.8 Å². The molecule has 0 unspecified atom stereocenters. The van der Waals surface area contributed by atoms with Crippen LogP contribution < -0.4 is 5.32 Å². The first-order valence-corrected chi connectivity index (χ1v) is 6.33. The molecule has 0 aliphatic carbocycles. The Balaban J connectivity index is 2.24. The van der Waals surface area contributed by atoms with Crippen molar-refractivity contribution in [2.24, 2.45) is 0 Å². The monoisotopic (exact) mass is 310 g/mol. The number of amides is 1. The number of rotatable bonds is 4. The van der Waals surface area contributed by atoms with Gasteiger partial charge in [0, 0.05) is 11.4 Å². The van der Waals surface area contributed by atoms with Crippen molar-refractivity contribution < 1.29 is 24.0 Å². The van der Waals surface area contributed by atoms with E-state index in [1.165, 1.54) is 5.38 Å². The number of benzene rings is 1. The van der Waals surface area contributed by atoms with Crippen molar-refractivity contribution >= 4 is 33.9 Å². The first kappa shape index (κ1) is 14.6. The van der Waals surface area contributed by atoms with Gasteiger partial charge in [0.2, 0.25) is 0 Å². The molecule has 2 aromatic rings. The molecule has 0 bridgehead atoms. The van der Waals surface area contributed by atoms with Crippen LogP contribution in [-0.2, 0) is 0 Å². The number of nitrogens with one attached hydrogen (secondary N) is 1. The molecule has 1 aromatic heterocycles. The van der Waals surface area contributed by atoms with E-state index in [4.69, 9.17) is 5.11 Å². The molecule has 0 saturated heterocycles. The highest BCUT2D eigenvalue weighted by atomic mass is 32.1. The first-order chi connectivity index (χ1) is 9.88. The van der Waals surface area contributed by atoms with Crippen molar-refractivity contribution in [3.05, 3.63) is 56.7 Å². The number of carboxylic acids is 1. The van der Waals surface area contributed by atoms with Gasteiger partial charge < -0.3 is 10.4 Å². The van der Waals surface area contributed by atoms with E-state index >= 15 is 0 Å². The van der Waals surface area contributed by atoms with Gasteiger partial charge in [0.05, 0.1) is 21.7 Å². The highest BCUT2D eigenvalue weighted by Crippen LogP contribution is 2.24. The second-order valence-corrected chi connectivity index (χ2v) is 4.77. The van der Waals surface area contributed by atoms with Gasteiger partial charge in [-0.05, 0) is 18.2 Å². The Hall–Kier alpha value is -2.81. The van der Waals surface area contributed by atoms with Crippen LogP contribution in [0.1, 0.15) is 20.7 Å². The van der Waals surface area contributed by atoms with Crippen molar-refractivity contribution in [1.82, 2.24) is 0 Å². The molecule has 1 amide bonds. The first-order valence-electron chi connectivity index (χ1n) is 5.45. The zero-order valence-electron chi connectivity index (χ0n) is 10.2. The number of thiophene rings is 1. The Morgan fingerprint density at radius 3 is 2.57 bits per heavy atom. The van der Waals surface area contributed by atoms with Crippen LogP contribution in [0.25, 0.3) is 0 Å². The number of anilines is 1. The maximum absolute atomic E-state index is 13.5. The molecule has 21 heavy (non-hydrogen) atoms. The summed E-state index contributed by atoms with van der Waals surface area (Å²) in [7, 11) is 0. The molecule has 9 heteroatoms. The van der Waals surface area contributed by atoms with E-state index in [9.17, 15) is 24.1 Å². The lowest BCUT2D eigenvalue weighted by molar-refractivity contribution is -0.380. The summed E-state index contributed by atoms with van der Waals surface area (Å²) in [6.45, 7) is 0. The molecule has 2 rings (SSSR count). The third-order valence-electron chi connectivity index (χ3n) is 2.49. The molecule has 0 aliphatic heterocycles. The number of nitro groups is 1. The SMILES string of the molecule is O=C(O)c1ccc(F)c(NC(=O)c2csc([N+](=O)[O-])c2)c1. The van der Waals surface area contributed by atoms with Crippen molar-refractivity contribution in [2.75, 3.05) is 5.32 Å². The molecule has 1 heterocycles. The van der Waals surface area contributed by atoms with Crippen LogP contribution in [0, 0.1) is 15.9 Å². The number of carboxylic acid groups (broad SMARTS) is 1. The Morgan fingerprint density at radius 1 is 1.29 bits per heavy atom. The second-order valence-electron chi connectivity index (χ2n) is 3.88. The maximum Gasteiger partial charge on any atom is 0.335 e. The fourth-order valence-electron chi connectivity index (χ4n) is 1.49. The minimum atomic E-state index is -1.27. The normalized spacial score (nSPS) is 10.1. The van der Waals surface area contributed by atoms with Crippen molar-refractivity contribution in [3.8, 4) is 0 Å². The quantitative estimate of drug-likeness (QED) is 0.666. The third kappa shape index (κ3) is 3.20. The Morgan fingerprint density at radius 2 is 2.00 bits per heavy atom. The predicted molar refractivity (Wildman–Crippen MR) is 72.3 cm³/mol. The Bertz CT molecular complexity index is 743. The van der Waals surface area contributed by atoms with E-state index in [0.717, 1.165) is 35.6 Å². The smallest absolute Gasteiger partial charge is 0.335 e. The fraction of sp³-hybridized carbons (Fsp3) is 0. The van der Waals surface area contributed by atoms with Crippen LogP contribution in [0.5, 0.6) is 0 Å². The van der Waals surface area contributed by atoms with Crippen LogP contribution in [0.4, 0.5) is 15.1 Å². The zero-order valence-corrected chi connectivity index (χ0v) is 11.0. The number of hydrogen-bond acceptors (Lipinski definition) is 5. The molecular weight excluding hydrogens is 303 g/mol. The lowest BCUT2D eigenvalue weighted by Crippen LogP contribution is -2.13. The summed E-state index contributed by atoms with van der Waals surface area (Å²) in [5.74, 6) is -2.84. The third-order valence-corrected chi connectivity index (χ3v) is 3.37. The van der Waals surface area contributed by atoms with Gasteiger partial charge in [0.25, 0.3) is 5.91 Å². The molecule has 0 atom stereocenters. The summed E-state index contributed by atoms with van der Waals surface area (Å²) in [5.41, 5.74) is -0.511. The van der Waals surface area contributed by atoms with Gasteiger partial charge >= 0.3 is 11.0 Å². The number of halogens is 1. The number of carbonyl (C=O) groups is 2. The molecule has 0 aliphatic rings. The average molecular weight is 310 g/mol. The number of nitrogens with zero attached hydrogens (tertiary/aromatic N) is 1. The highest BCUT2D eigenvalue weighted by molar-refractivity contribution is 7.13. The molecule has 2 N–H and O–H groups in total. The van der Waals surface area contributed by atoms with Crippen molar-refractivity contribution in [3.63, 3.8) is 0 Å². The van der Waals surface area contributed by atoms with Crippen LogP contribution in [0.3, 0.4) is 0 Å². The van der Waals surface area contributed by atoms with Gasteiger partial charge in [-0.3, -0.25) is 14.9 Å². The maximum atomic E-state index is 13.5. The topological polar surface area (TPSA) is 110 Å². The summed E-state index contributed by atoms with van der Waals surface area (Å²) < 4.78 is 13.5. The molecule has 0 radical (unpaired) electrons. The molecule has 0 spiro atoms. The van der Waals surface area contributed by atoms with Gasteiger partial charge in [0.1, 0.15) is 5.82 Å². The number of aromatic carboxylic acids is 1. The van der Waals surface area contributed by atoms with E-state index in [1.54, 1.807) is 0 Å². The van der Waals surface area contributed by atoms with Crippen LogP contribution in [0.15, 0.2) is 29.6 Å². The molecule has 7 nitrogen and oxygen atoms in total. The minimum absolute atomic E-state index is 0.00757. The lowest BCUT2D eigenvalue weighted by Gasteiger charge is -2.06. The molecule has 108 valence electrons. The van der Waals surface area contributed by atoms with Crippen molar-refractivity contribution in [1.29, 1.82) is 0 Å². The van der Waals surface area contributed by atoms with Gasteiger partial charge in [0.15, 0.2) is 0 Å². The van der Waals surface area contributed by atoms with Gasteiger partial charge in [-0.15, -0.1) is 0 Å². The van der Waals surface area contributed by atoms with Crippen LogP contribution >= 0.6 is 11.3 Å². The van der Waals surface area contributed by atoms with E-state index < -0.39 is 22.6 Å². The van der Waals surface area contributed by atoms with Gasteiger partial charge in [-0.2, -0.15) is 0 Å². The number of carbonyl (C=O) groups excluding carboxylic acids is 1. The summed E-state index contributed by atoms with van der Waals surface area (Å²) in [5, 5.41) is 22.6. The largest absolute Gasteiger partial charge is 0.478 e. The molecule has 0 fully saturated rings. The summed E-state index contributed by atoms with van der Waals surface area (Å²) in [6.07, 6.45) is 0. The van der Waals surface area contributed by atoms with E-state index in [0.29, 0.717) is 0 Å².